The molecule has 0 radical (unpaired) electrons. The lowest BCUT2D eigenvalue weighted by molar-refractivity contribution is 1.07. The number of anilines is 1. The van der Waals surface area contributed by atoms with Crippen LogP contribution in [0.4, 0.5) is 5.82 Å². The summed E-state index contributed by atoms with van der Waals surface area (Å²) in [6, 6.07) is 3.60. The Bertz CT molecular complexity index is 303. The van der Waals surface area contributed by atoms with Crippen molar-refractivity contribution >= 4 is 18.2 Å². The van der Waals surface area contributed by atoms with Crippen molar-refractivity contribution in [2.45, 2.75) is 0 Å². The number of hydrazine groups is 1. The molecule has 0 atom stereocenters. The Morgan fingerprint density at radius 2 is 2.31 bits per heavy atom. The molecular formula is C8H11N5. The van der Waals surface area contributed by atoms with Gasteiger partial charge < -0.3 is 5.84 Å². The van der Waals surface area contributed by atoms with Gasteiger partial charge in [0.25, 0.3) is 0 Å². The van der Waals surface area contributed by atoms with Crippen LogP contribution in [0.15, 0.2) is 30.0 Å². The molecule has 0 saturated carbocycles. The van der Waals surface area contributed by atoms with Crippen LogP contribution in [-0.2, 0) is 0 Å². The lowest BCUT2D eigenvalue weighted by atomic mass is 10.3. The minimum Gasteiger partial charge on any atom is -0.322 e. The van der Waals surface area contributed by atoms with E-state index >= 15 is 0 Å². The fraction of sp³-hybridized carbons (Fsp3) is 0. The average molecular weight is 177 g/mol. The second kappa shape index (κ2) is 4.22. The van der Waals surface area contributed by atoms with Gasteiger partial charge in [-0.1, -0.05) is 12.7 Å². The fourth-order valence-corrected chi connectivity index (χ4v) is 0.802. The Hall–Kier alpha value is -1.88. The van der Waals surface area contributed by atoms with Gasteiger partial charge in [-0.3, -0.25) is 0 Å². The van der Waals surface area contributed by atoms with Gasteiger partial charge in [0.15, 0.2) is 0 Å². The van der Waals surface area contributed by atoms with Crippen LogP contribution in [0.5, 0.6) is 0 Å². The molecule has 1 aromatic heterocycles. The van der Waals surface area contributed by atoms with E-state index in [1.807, 2.05) is 6.07 Å². The molecule has 0 aliphatic heterocycles. The van der Waals surface area contributed by atoms with Crippen molar-refractivity contribution in [1.82, 2.24) is 4.98 Å². The maximum atomic E-state index is 5.51. The highest BCUT2D eigenvalue weighted by Gasteiger charge is 1.97. The van der Waals surface area contributed by atoms with E-state index in [-0.39, 0.29) is 0 Å². The molecule has 0 fully saturated rings. The van der Waals surface area contributed by atoms with E-state index in [9.17, 15) is 0 Å². The molecule has 0 spiro atoms. The van der Waals surface area contributed by atoms with Gasteiger partial charge in [0.1, 0.15) is 12.2 Å². The first-order valence-corrected chi connectivity index (χ1v) is 3.63. The molecule has 1 aromatic rings. The number of hydrazone groups is 1. The summed E-state index contributed by atoms with van der Waals surface area (Å²) in [4.78, 5) is 4.05. The molecule has 0 saturated heterocycles. The van der Waals surface area contributed by atoms with E-state index in [1.54, 1.807) is 18.3 Å². The van der Waals surface area contributed by atoms with Gasteiger partial charge in [-0.15, -0.1) is 0 Å². The van der Waals surface area contributed by atoms with Gasteiger partial charge in [0.05, 0.1) is 0 Å². The zero-order chi connectivity index (χ0) is 9.68. The number of hydrogen-bond acceptors (Lipinski definition) is 4. The third-order valence-corrected chi connectivity index (χ3v) is 1.46. The first kappa shape index (κ1) is 9.21. The summed E-state index contributed by atoms with van der Waals surface area (Å²) in [6.45, 7) is 3.61. The molecule has 68 valence electrons. The summed E-state index contributed by atoms with van der Waals surface area (Å²) < 4.78 is 0. The number of pyridine rings is 1. The Morgan fingerprint density at radius 3 is 2.77 bits per heavy atom. The van der Waals surface area contributed by atoms with Crippen LogP contribution in [0.2, 0.25) is 0 Å². The van der Waals surface area contributed by atoms with E-state index in [1.165, 1.54) is 11.3 Å². The van der Waals surface area contributed by atoms with Crippen LogP contribution in [-0.4, -0.2) is 11.3 Å². The first-order chi connectivity index (χ1) is 6.27. The topological polar surface area (TPSA) is 80.5 Å². The predicted molar refractivity (Wildman–Crippen MR) is 53.7 cm³/mol. The minimum absolute atomic E-state index is 0.569. The van der Waals surface area contributed by atoms with Crippen LogP contribution in [0.1, 0.15) is 5.56 Å². The maximum absolute atomic E-state index is 5.51. The largest absolute Gasteiger partial charge is 0.322 e. The number of hydrogen-bond donors (Lipinski definition) is 2. The normalized spacial score (nSPS) is 10.2. The van der Waals surface area contributed by atoms with E-state index in [0.29, 0.717) is 5.82 Å². The van der Waals surface area contributed by atoms with E-state index in [2.05, 4.69) is 16.7 Å². The minimum atomic E-state index is 0.569. The van der Waals surface area contributed by atoms with Crippen molar-refractivity contribution in [2.75, 3.05) is 5.01 Å². The number of rotatable bonds is 3. The SMILES string of the molecule is C=Cc1ccc(N(N)/C=N\N)nc1. The average Bonchev–Trinajstić information content (AvgIpc) is 2.18. The summed E-state index contributed by atoms with van der Waals surface area (Å²) in [5.41, 5.74) is 0.932. The van der Waals surface area contributed by atoms with E-state index < -0.39 is 0 Å². The number of aromatic nitrogens is 1. The van der Waals surface area contributed by atoms with Crippen molar-refractivity contribution in [2.24, 2.45) is 16.8 Å². The van der Waals surface area contributed by atoms with E-state index in [4.69, 9.17) is 11.7 Å². The Kier molecular flexibility index (Phi) is 2.99. The lowest BCUT2D eigenvalue weighted by Gasteiger charge is -2.09. The molecule has 0 aliphatic carbocycles. The zero-order valence-electron chi connectivity index (χ0n) is 7.09. The van der Waals surface area contributed by atoms with Gasteiger partial charge in [-0.05, 0) is 17.7 Å². The molecule has 0 amide bonds. The van der Waals surface area contributed by atoms with Gasteiger partial charge in [0.2, 0.25) is 0 Å². The van der Waals surface area contributed by atoms with Gasteiger partial charge >= 0.3 is 0 Å². The van der Waals surface area contributed by atoms with Gasteiger partial charge in [-0.25, -0.2) is 15.8 Å². The molecule has 1 heterocycles. The molecular weight excluding hydrogens is 166 g/mol. The molecule has 0 bridgehead atoms. The predicted octanol–water partition coefficient (Wildman–Crippen LogP) is 0.307. The highest BCUT2D eigenvalue weighted by atomic mass is 15.4. The van der Waals surface area contributed by atoms with Crippen LogP contribution in [0.3, 0.4) is 0 Å². The lowest BCUT2D eigenvalue weighted by Crippen LogP contribution is -2.30. The fourth-order valence-electron chi connectivity index (χ4n) is 0.802. The Balaban J connectivity index is 2.85. The van der Waals surface area contributed by atoms with Crippen molar-refractivity contribution < 1.29 is 0 Å². The van der Waals surface area contributed by atoms with Crippen LogP contribution >= 0.6 is 0 Å². The second-order valence-corrected chi connectivity index (χ2v) is 2.33. The molecule has 4 N–H and O–H groups in total. The standard InChI is InChI=1S/C8H11N5/c1-2-7-3-4-8(11-5-7)13(10)6-12-9/h2-6H,1,9-10H2/b12-6-. The van der Waals surface area contributed by atoms with Gasteiger partial charge in [-0.2, -0.15) is 5.10 Å². The maximum Gasteiger partial charge on any atom is 0.148 e. The van der Waals surface area contributed by atoms with Gasteiger partial charge in [0, 0.05) is 6.20 Å². The number of nitrogens with zero attached hydrogens (tertiary/aromatic N) is 3. The van der Waals surface area contributed by atoms with Crippen molar-refractivity contribution in [3.63, 3.8) is 0 Å². The van der Waals surface area contributed by atoms with Crippen LogP contribution < -0.4 is 16.7 Å². The molecule has 0 aliphatic rings. The van der Waals surface area contributed by atoms with Crippen molar-refractivity contribution in [1.29, 1.82) is 0 Å². The van der Waals surface area contributed by atoms with E-state index in [0.717, 1.165) is 5.56 Å². The third kappa shape index (κ3) is 2.28. The zero-order valence-corrected chi connectivity index (χ0v) is 7.09. The van der Waals surface area contributed by atoms with Crippen molar-refractivity contribution in [3.05, 3.63) is 30.5 Å². The third-order valence-electron chi connectivity index (χ3n) is 1.46. The highest BCUT2D eigenvalue weighted by Crippen LogP contribution is 2.07. The molecule has 0 unspecified atom stereocenters. The highest BCUT2D eigenvalue weighted by molar-refractivity contribution is 5.75. The smallest absolute Gasteiger partial charge is 0.148 e. The monoisotopic (exact) mass is 177 g/mol. The molecule has 1 rings (SSSR count). The van der Waals surface area contributed by atoms with Crippen LogP contribution in [0.25, 0.3) is 6.08 Å². The molecule has 5 nitrogen and oxygen atoms in total. The summed E-state index contributed by atoms with van der Waals surface area (Å²) in [6.07, 6.45) is 4.64. The van der Waals surface area contributed by atoms with Crippen LogP contribution in [0, 0.1) is 0 Å². The molecule has 5 heteroatoms. The summed E-state index contributed by atoms with van der Waals surface area (Å²) in [7, 11) is 0. The van der Waals surface area contributed by atoms with Crippen molar-refractivity contribution in [3.8, 4) is 0 Å². The molecule has 0 aromatic carbocycles. The molecule has 13 heavy (non-hydrogen) atoms. The summed E-state index contributed by atoms with van der Waals surface area (Å²) in [5.74, 6) is 11.0. The first-order valence-electron chi connectivity index (χ1n) is 3.63. The second-order valence-electron chi connectivity index (χ2n) is 2.33. The Labute approximate surface area is 76.3 Å². The number of nitrogens with two attached hydrogens (primary N) is 2. The summed E-state index contributed by atoms with van der Waals surface area (Å²) >= 11 is 0. The quantitative estimate of drug-likeness (QED) is 0.301. The summed E-state index contributed by atoms with van der Waals surface area (Å²) in [5, 5.41) is 4.50. The Morgan fingerprint density at radius 1 is 1.54 bits per heavy atom.